The van der Waals surface area contributed by atoms with Crippen LogP contribution in [0, 0.1) is 5.41 Å². The van der Waals surface area contributed by atoms with Gasteiger partial charge in [0.05, 0.1) is 10.4 Å². The standard InChI is InChI=1S/C16H20ClN5O2S.ClH/c1-22-10-19-21-15(22)25-13-3-2-11(8-12(13)17)20-14(23)16(9-18)4-6-24-7-5-16;/h2-3,8,10H,4-7,9,18H2,1H3,(H,20,23);1H. The van der Waals surface area contributed by atoms with Gasteiger partial charge in [0.1, 0.15) is 6.33 Å². The molecule has 0 radical (unpaired) electrons. The molecule has 1 aliphatic rings. The number of ether oxygens (including phenoxy) is 1. The Morgan fingerprint density at radius 2 is 2.19 bits per heavy atom. The molecule has 10 heteroatoms. The molecule has 2 aromatic rings. The van der Waals surface area contributed by atoms with Crippen molar-refractivity contribution in [3.05, 3.63) is 29.5 Å². The van der Waals surface area contributed by atoms with Crippen molar-refractivity contribution in [2.24, 2.45) is 18.2 Å². The van der Waals surface area contributed by atoms with Crippen LogP contribution >= 0.6 is 35.8 Å². The zero-order chi connectivity index (χ0) is 17.9. The van der Waals surface area contributed by atoms with E-state index in [1.54, 1.807) is 12.4 Å². The Kier molecular flexibility index (Phi) is 7.31. The quantitative estimate of drug-likeness (QED) is 0.776. The number of nitrogens with two attached hydrogens (primary N) is 1. The lowest BCUT2D eigenvalue weighted by Crippen LogP contribution is -2.46. The number of carbonyl (C=O) groups is 1. The molecule has 0 bridgehead atoms. The molecule has 142 valence electrons. The summed E-state index contributed by atoms with van der Waals surface area (Å²) in [5, 5.41) is 12.1. The molecule has 1 amide bonds. The SMILES string of the molecule is Cl.Cn1cnnc1Sc1ccc(NC(=O)C2(CN)CCOCC2)cc1Cl. The molecule has 3 rings (SSSR count). The average molecular weight is 418 g/mol. The highest BCUT2D eigenvalue weighted by atomic mass is 35.5. The van der Waals surface area contributed by atoms with Crippen molar-refractivity contribution >= 4 is 47.4 Å². The molecule has 1 aliphatic heterocycles. The second-order valence-electron chi connectivity index (χ2n) is 6.02. The van der Waals surface area contributed by atoms with Gasteiger partial charge in [0, 0.05) is 37.4 Å². The topological polar surface area (TPSA) is 95.1 Å². The van der Waals surface area contributed by atoms with Crippen LogP contribution < -0.4 is 11.1 Å². The predicted molar refractivity (Wildman–Crippen MR) is 104 cm³/mol. The van der Waals surface area contributed by atoms with Crippen LogP contribution in [0.4, 0.5) is 5.69 Å². The van der Waals surface area contributed by atoms with Crippen LogP contribution in [0.3, 0.4) is 0 Å². The van der Waals surface area contributed by atoms with E-state index in [-0.39, 0.29) is 18.3 Å². The minimum atomic E-state index is -0.573. The lowest BCUT2D eigenvalue weighted by Gasteiger charge is -2.34. The van der Waals surface area contributed by atoms with Gasteiger partial charge in [0.25, 0.3) is 0 Å². The van der Waals surface area contributed by atoms with Gasteiger partial charge in [-0.3, -0.25) is 4.79 Å². The van der Waals surface area contributed by atoms with Crippen LogP contribution in [0.2, 0.25) is 5.02 Å². The normalized spacial score (nSPS) is 16.0. The molecule has 1 saturated heterocycles. The van der Waals surface area contributed by atoms with Gasteiger partial charge >= 0.3 is 0 Å². The Bertz CT molecular complexity index is 765. The van der Waals surface area contributed by atoms with Gasteiger partial charge in [-0.1, -0.05) is 11.6 Å². The Balaban J connectivity index is 0.00000243. The smallest absolute Gasteiger partial charge is 0.232 e. The molecule has 1 fully saturated rings. The lowest BCUT2D eigenvalue weighted by atomic mass is 9.79. The van der Waals surface area contributed by atoms with Crippen molar-refractivity contribution in [1.82, 2.24) is 14.8 Å². The number of rotatable bonds is 5. The minimum Gasteiger partial charge on any atom is -0.381 e. The van der Waals surface area contributed by atoms with Gasteiger partial charge in [-0.25, -0.2) is 0 Å². The van der Waals surface area contributed by atoms with E-state index < -0.39 is 5.41 Å². The summed E-state index contributed by atoms with van der Waals surface area (Å²) in [6.07, 6.45) is 2.89. The van der Waals surface area contributed by atoms with E-state index in [9.17, 15) is 4.79 Å². The van der Waals surface area contributed by atoms with Crippen LogP contribution in [0.1, 0.15) is 12.8 Å². The second-order valence-corrected chi connectivity index (χ2v) is 7.44. The molecule has 1 aromatic carbocycles. The summed E-state index contributed by atoms with van der Waals surface area (Å²) in [5.74, 6) is -0.0805. The molecular formula is C16H21Cl2N5O2S. The number of hydrogen-bond donors (Lipinski definition) is 2. The summed E-state index contributed by atoms with van der Waals surface area (Å²) >= 11 is 7.78. The first kappa shape index (κ1) is 21.0. The Labute approximate surface area is 167 Å². The highest BCUT2D eigenvalue weighted by molar-refractivity contribution is 7.99. The Hall–Kier alpha value is -1.32. The Morgan fingerprint density at radius 1 is 1.46 bits per heavy atom. The molecule has 0 atom stereocenters. The molecule has 0 unspecified atom stereocenters. The molecule has 2 heterocycles. The maximum absolute atomic E-state index is 12.7. The monoisotopic (exact) mass is 417 g/mol. The largest absolute Gasteiger partial charge is 0.381 e. The number of aromatic nitrogens is 3. The summed E-state index contributed by atoms with van der Waals surface area (Å²) in [6.45, 7) is 1.41. The van der Waals surface area contributed by atoms with Gasteiger partial charge in [-0.05, 0) is 42.8 Å². The third-order valence-electron chi connectivity index (χ3n) is 4.38. The van der Waals surface area contributed by atoms with Crippen molar-refractivity contribution in [3.63, 3.8) is 0 Å². The first-order chi connectivity index (χ1) is 12.0. The zero-order valence-corrected chi connectivity index (χ0v) is 16.7. The maximum Gasteiger partial charge on any atom is 0.232 e. The molecule has 7 nitrogen and oxygen atoms in total. The number of carbonyl (C=O) groups excluding carboxylic acids is 1. The summed E-state index contributed by atoms with van der Waals surface area (Å²) in [6, 6.07) is 5.42. The van der Waals surface area contributed by atoms with Crippen molar-refractivity contribution in [2.75, 3.05) is 25.1 Å². The van der Waals surface area contributed by atoms with Crippen molar-refractivity contribution < 1.29 is 9.53 Å². The third-order valence-corrected chi connectivity index (χ3v) is 5.94. The van der Waals surface area contributed by atoms with E-state index in [0.29, 0.717) is 43.3 Å². The van der Waals surface area contributed by atoms with Crippen LogP contribution in [0.25, 0.3) is 0 Å². The summed E-state index contributed by atoms with van der Waals surface area (Å²) < 4.78 is 7.16. The molecule has 3 N–H and O–H groups in total. The van der Waals surface area contributed by atoms with Crippen LogP contribution in [-0.2, 0) is 16.6 Å². The van der Waals surface area contributed by atoms with Gasteiger partial charge in [-0.2, -0.15) is 0 Å². The predicted octanol–water partition coefficient (Wildman–Crippen LogP) is 2.74. The lowest BCUT2D eigenvalue weighted by molar-refractivity contribution is -0.130. The van der Waals surface area contributed by atoms with E-state index in [1.165, 1.54) is 11.8 Å². The van der Waals surface area contributed by atoms with E-state index >= 15 is 0 Å². The molecule has 26 heavy (non-hydrogen) atoms. The first-order valence-electron chi connectivity index (χ1n) is 7.95. The van der Waals surface area contributed by atoms with Crippen molar-refractivity contribution in [1.29, 1.82) is 0 Å². The number of amides is 1. The fraction of sp³-hybridized carbons (Fsp3) is 0.438. The molecule has 0 spiro atoms. The number of aryl methyl sites for hydroxylation is 1. The van der Waals surface area contributed by atoms with Gasteiger partial charge in [0.15, 0.2) is 5.16 Å². The van der Waals surface area contributed by atoms with Gasteiger partial charge in [-0.15, -0.1) is 22.6 Å². The van der Waals surface area contributed by atoms with E-state index in [4.69, 9.17) is 22.1 Å². The second kappa shape index (κ2) is 9.05. The number of hydrogen-bond acceptors (Lipinski definition) is 6. The number of benzene rings is 1. The molecule has 1 aromatic heterocycles. The first-order valence-corrected chi connectivity index (χ1v) is 9.14. The Morgan fingerprint density at radius 3 is 2.77 bits per heavy atom. The zero-order valence-electron chi connectivity index (χ0n) is 14.3. The van der Waals surface area contributed by atoms with E-state index in [1.807, 2.05) is 23.7 Å². The van der Waals surface area contributed by atoms with Gasteiger partial charge in [0.2, 0.25) is 5.91 Å². The summed E-state index contributed by atoms with van der Waals surface area (Å²) in [7, 11) is 1.87. The third kappa shape index (κ3) is 4.50. The highest BCUT2D eigenvalue weighted by Crippen LogP contribution is 2.35. The molecular weight excluding hydrogens is 397 g/mol. The molecule has 0 saturated carbocycles. The number of anilines is 1. The van der Waals surface area contributed by atoms with Crippen LogP contribution in [0.5, 0.6) is 0 Å². The average Bonchev–Trinajstić information content (AvgIpc) is 3.02. The number of nitrogens with one attached hydrogen (secondary N) is 1. The fourth-order valence-electron chi connectivity index (χ4n) is 2.67. The minimum absolute atomic E-state index is 0. The highest BCUT2D eigenvalue weighted by Gasteiger charge is 2.38. The number of halogens is 2. The van der Waals surface area contributed by atoms with E-state index in [2.05, 4.69) is 15.5 Å². The number of nitrogens with zero attached hydrogens (tertiary/aromatic N) is 3. The maximum atomic E-state index is 12.7. The summed E-state index contributed by atoms with van der Waals surface area (Å²) in [5.41, 5.74) is 5.95. The van der Waals surface area contributed by atoms with Crippen LogP contribution in [-0.4, -0.2) is 40.4 Å². The molecule has 0 aliphatic carbocycles. The van der Waals surface area contributed by atoms with Gasteiger partial charge < -0.3 is 20.4 Å². The van der Waals surface area contributed by atoms with Crippen molar-refractivity contribution in [2.45, 2.75) is 22.9 Å². The summed E-state index contributed by atoms with van der Waals surface area (Å²) in [4.78, 5) is 13.5. The fourth-order valence-corrected chi connectivity index (χ4v) is 3.74. The van der Waals surface area contributed by atoms with Crippen LogP contribution in [0.15, 0.2) is 34.6 Å². The van der Waals surface area contributed by atoms with E-state index in [0.717, 1.165) is 10.1 Å². The van der Waals surface area contributed by atoms with Crippen molar-refractivity contribution in [3.8, 4) is 0 Å².